The Labute approximate surface area is 172 Å². The lowest BCUT2D eigenvalue weighted by Gasteiger charge is -2.28. The second-order valence-corrected chi connectivity index (χ2v) is 8.14. The molecule has 29 heavy (non-hydrogen) atoms. The van der Waals surface area contributed by atoms with Gasteiger partial charge in [-0.2, -0.15) is 5.26 Å². The average molecular weight is 389 g/mol. The van der Waals surface area contributed by atoms with Gasteiger partial charge >= 0.3 is 0 Å². The van der Waals surface area contributed by atoms with Gasteiger partial charge in [-0.25, -0.2) is 0 Å². The maximum atomic E-state index is 12.5. The Morgan fingerprint density at radius 1 is 1.07 bits per heavy atom. The van der Waals surface area contributed by atoms with Crippen LogP contribution < -0.4 is 10.2 Å². The van der Waals surface area contributed by atoms with E-state index in [1.807, 2.05) is 54.6 Å². The van der Waals surface area contributed by atoms with Crippen LogP contribution in [0, 0.1) is 11.3 Å². The van der Waals surface area contributed by atoms with Crippen molar-refractivity contribution in [3.05, 3.63) is 65.2 Å². The molecule has 150 valence electrons. The van der Waals surface area contributed by atoms with Crippen molar-refractivity contribution in [3.63, 3.8) is 0 Å². The first kappa shape index (κ1) is 20.6. The molecule has 1 amide bonds. The summed E-state index contributed by atoms with van der Waals surface area (Å²) in [7, 11) is 0. The minimum absolute atomic E-state index is 0.0606. The van der Waals surface area contributed by atoms with Gasteiger partial charge in [-0.1, -0.05) is 45.0 Å². The molecule has 0 saturated carbocycles. The van der Waals surface area contributed by atoms with E-state index in [4.69, 9.17) is 4.74 Å². The van der Waals surface area contributed by atoms with Crippen molar-refractivity contribution in [1.29, 1.82) is 5.26 Å². The number of hydrogen-bond acceptors (Lipinski definition) is 4. The first-order chi connectivity index (χ1) is 13.9. The van der Waals surface area contributed by atoms with Crippen molar-refractivity contribution < 1.29 is 9.53 Å². The first-order valence-electron chi connectivity index (χ1n) is 9.83. The SMILES string of the molecule is CC(C)(C)c1ccc(/C=C(\C#N)C(=O)Nc2ccc(N3CCOCC3)cc2)cc1. The fraction of sp³-hybridized carbons (Fsp3) is 0.333. The number of benzene rings is 2. The number of anilines is 2. The molecule has 3 rings (SSSR count). The van der Waals surface area contributed by atoms with E-state index in [-0.39, 0.29) is 11.0 Å². The van der Waals surface area contributed by atoms with Crippen LogP contribution in [-0.4, -0.2) is 32.2 Å². The molecule has 0 radical (unpaired) electrons. The third-order valence-electron chi connectivity index (χ3n) is 4.95. The second-order valence-electron chi connectivity index (χ2n) is 8.14. The Morgan fingerprint density at radius 3 is 2.24 bits per heavy atom. The normalized spacial score (nSPS) is 15.0. The molecule has 2 aromatic rings. The predicted octanol–water partition coefficient (Wildman–Crippen LogP) is 4.37. The van der Waals surface area contributed by atoms with E-state index in [1.165, 1.54) is 5.56 Å². The summed E-state index contributed by atoms with van der Waals surface area (Å²) in [6.45, 7) is 9.63. The number of rotatable bonds is 4. The van der Waals surface area contributed by atoms with Gasteiger partial charge in [0.2, 0.25) is 0 Å². The van der Waals surface area contributed by atoms with Crippen LogP contribution in [0.15, 0.2) is 54.1 Å². The number of amides is 1. The van der Waals surface area contributed by atoms with Crippen molar-refractivity contribution in [3.8, 4) is 6.07 Å². The smallest absolute Gasteiger partial charge is 0.266 e. The molecule has 1 heterocycles. The molecule has 0 bridgehead atoms. The topological polar surface area (TPSA) is 65.4 Å². The Balaban J connectivity index is 1.68. The van der Waals surface area contributed by atoms with Gasteiger partial charge in [-0.3, -0.25) is 4.79 Å². The highest BCUT2D eigenvalue weighted by atomic mass is 16.5. The fourth-order valence-corrected chi connectivity index (χ4v) is 3.17. The quantitative estimate of drug-likeness (QED) is 0.623. The summed E-state index contributed by atoms with van der Waals surface area (Å²) < 4.78 is 5.37. The number of carbonyl (C=O) groups is 1. The Hall–Kier alpha value is -3.10. The van der Waals surface area contributed by atoms with Crippen LogP contribution in [0.1, 0.15) is 31.9 Å². The number of carbonyl (C=O) groups excluding carboxylic acids is 1. The van der Waals surface area contributed by atoms with Gasteiger partial charge in [0.25, 0.3) is 5.91 Å². The van der Waals surface area contributed by atoms with Crippen LogP contribution in [0.5, 0.6) is 0 Å². The van der Waals surface area contributed by atoms with E-state index >= 15 is 0 Å². The molecule has 1 saturated heterocycles. The average Bonchev–Trinajstić information content (AvgIpc) is 2.73. The van der Waals surface area contributed by atoms with Crippen molar-refractivity contribution in [2.45, 2.75) is 26.2 Å². The van der Waals surface area contributed by atoms with Crippen LogP contribution in [0.4, 0.5) is 11.4 Å². The third-order valence-corrected chi connectivity index (χ3v) is 4.95. The standard InChI is InChI=1S/C24H27N3O2/c1-24(2,3)20-6-4-18(5-7-20)16-19(17-25)23(28)26-21-8-10-22(11-9-21)27-12-14-29-15-13-27/h4-11,16H,12-15H2,1-3H3,(H,26,28)/b19-16+. The Morgan fingerprint density at radius 2 is 1.69 bits per heavy atom. The van der Waals surface area contributed by atoms with Crippen molar-refractivity contribution in [2.24, 2.45) is 0 Å². The highest BCUT2D eigenvalue weighted by Crippen LogP contribution is 2.23. The number of nitrogens with zero attached hydrogens (tertiary/aromatic N) is 2. The largest absolute Gasteiger partial charge is 0.378 e. The molecule has 0 spiro atoms. The van der Waals surface area contributed by atoms with Crippen LogP contribution in [-0.2, 0) is 14.9 Å². The van der Waals surface area contributed by atoms with Crippen LogP contribution in [0.25, 0.3) is 6.08 Å². The van der Waals surface area contributed by atoms with E-state index in [2.05, 4.69) is 31.0 Å². The van der Waals surface area contributed by atoms with Gasteiger partial charge in [-0.15, -0.1) is 0 Å². The van der Waals surface area contributed by atoms with E-state index in [0.717, 1.165) is 37.6 Å². The molecule has 1 aliphatic rings. The van der Waals surface area contributed by atoms with Crippen LogP contribution in [0.2, 0.25) is 0 Å². The summed E-state index contributed by atoms with van der Waals surface area (Å²) in [4.78, 5) is 14.8. The fourth-order valence-electron chi connectivity index (χ4n) is 3.17. The van der Waals surface area contributed by atoms with Gasteiger partial charge in [0.05, 0.1) is 13.2 Å². The zero-order valence-corrected chi connectivity index (χ0v) is 17.2. The minimum atomic E-state index is -0.411. The number of morpholine rings is 1. The molecule has 2 aromatic carbocycles. The number of ether oxygens (including phenoxy) is 1. The minimum Gasteiger partial charge on any atom is -0.378 e. The molecular weight excluding hydrogens is 362 g/mol. The monoisotopic (exact) mass is 389 g/mol. The van der Waals surface area contributed by atoms with Gasteiger partial charge < -0.3 is 15.0 Å². The number of hydrogen-bond donors (Lipinski definition) is 1. The van der Waals surface area contributed by atoms with Gasteiger partial charge in [-0.05, 0) is 46.9 Å². The van der Waals surface area contributed by atoms with Gasteiger partial charge in [0.15, 0.2) is 0 Å². The predicted molar refractivity (Wildman–Crippen MR) is 117 cm³/mol. The summed E-state index contributed by atoms with van der Waals surface area (Å²) in [5.74, 6) is -0.411. The van der Waals surface area contributed by atoms with Crippen LogP contribution in [0.3, 0.4) is 0 Å². The summed E-state index contributed by atoms with van der Waals surface area (Å²) in [5, 5.41) is 12.2. The van der Waals surface area contributed by atoms with E-state index in [0.29, 0.717) is 5.69 Å². The molecule has 0 aliphatic carbocycles. The summed E-state index contributed by atoms with van der Waals surface area (Å²) >= 11 is 0. The van der Waals surface area contributed by atoms with E-state index in [1.54, 1.807) is 6.08 Å². The maximum Gasteiger partial charge on any atom is 0.266 e. The Kier molecular flexibility index (Phi) is 6.36. The number of nitriles is 1. The lowest BCUT2D eigenvalue weighted by atomic mass is 9.86. The van der Waals surface area contributed by atoms with Gasteiger partial charge in [0, 0.05) is 24.5 Å². The third kappa shape index (κ3) is 5.46. The van der Waals surface area contributed by atoms with Crippen molar-refractivity contribution in [2.75, 3.05) is 36.5 Å². The molecule has 1 fully saturated rings. The second kappa shape index (κ2) is 8.93. The molecule has 5 nitrogen and oxygen atoms in total. The highest BCUT2D eigenvalue weighted by Gasteiger charge is 2.14. The first-order valence-corrected chi connectivity index (χ1v) is 9.83. The zero-order valence-electron chi connectivity index (χ0n) is 17.2. The highest BCUT2D eigenvalue weighted by molar-refractivity contribution is 6.09. The van der Waals surface area contributed by atoms with Crippen LogP contribution >= 0.6 is 0 Å². The van der Waals surface area contributed by atoms with Crippen molar-refractivity contribution >= 4 is 23.4 Å². The van der Waals surface area contributed by atoms with Crippen molar-refractivity contribution in [1.82, 2.24) is 0 Å². The molecule has 0 atom stereocenters. The molecule has 1 N–H and O–H groups in total. The summed E-state index contributed by atoms with van der Waals surface area (Å²) in [6.07, 6.45) is 1.61. The molecular formula is C24H27N3O2. The Bertz CT molecular complexity index is 911. The molecule has 5 heteroatoms. The molecule has 0 aromatic heterocycles. The zero-order chi connectivity index (χ0) is 20.9. The lowest BCUT2D eigenvalue weighted by Crippen LogP contribution is -2.36. The summed E-state index contributed by atoms with van der Waals surface area (Å²) in [6, 6.07) is 17.6. The maximum absolute atomic E-state index is 12.5. The molecule has 0 unspecified atom stereocenters. The lowest BCUT2D eigenvalue weighted by molar-refractivity contribution is -0.112. The van der Waals surface area contributed by atoms with E-state index < -0.39 is 5.91 Å². The molecule has 1 aliphatic heterocycles. The van der Waals surface area contributed by atoms with Gasteiger partial charge in [0.1, 0.15) is 11.6 Å². The summed E-state index contributed by atoms with van der Waals surface area (Å²) in [5.41, 5.74) is 3.93. The van der Waals surface area contributed by atoms with E-state index in [9.17, 15) is 10.1 Å². The number of nitrogens with one attached hydrogen (secondary N) is 1.